The largest absolute Gasteiger partial charge is 0.481 e. The van der Waals surface area contributed by atoms with E-state index in [-0.39, 0.29) is 37.6 Å². The molecule has 2 aliphatic rings. The Morgan fingerprint density at radius 3 is 2.31 bits per heavy atom. The number of aliphatic carboxylic acids is 1. The maximum atomic E-state index is 12.1. The van der Waals surface area contributed by atoms with Gasteiger partial charge in [0.2, 0.25) is 5.91 Å². The van der Waals surface area contributed by atoms with Crippen LogP contribution < -0.4 is 5.32 Å². The second kappa shape index (κ2) is 14.5. The molecule has 2 fully saturated rings. The number of hydrogen-bond acceptors (Lipinski definition) is 7. The molecule has 3 aromatic rings. The quantitative estimate of drug-likeness (QED) is 0.312. The molecule has 9 nitrogen and oxygen atoms in total. The zero-order chi connectivity index (χ0) is 29.3. The first-order valence-corrected chi connectivity index (χ1v) is 14.5. The number of aliphatic hydroxyl groups excluding tert-OH is 1. The van der Waals surface area contributed by atoms with Crippen LogP contribution in [0.3, 0.4) is 0 Å². The van der Waals surface area contributed by atoms with E-state index in [1.54, 1.807) is 0 Å². The van der Waals surface area contributed by atoms with Crippen molar-refractivity contribution in [2.75, 3.05) is 32.8 Å². The van der Waals surface area contributed by atoms with Crippen LogP contribution in [0.2, 0.25) is 0 Å². The number of carbonyl (C=O) groups excluding carboxylic acids is 1. The van der Waals surface area contributed by atoms with Gasteiger partial charge in [-0.15, -0.1) is 0 Å². The molecule has 0 bridgehead atoms. The Morgan fingerprint density at radius 2 is 1.60 bits per heavy atom. The van der Waals surface area contributed by atoms with E-state index < -0.39 is 12.3 Å². The van der Waals surface area contributed by atoms with Crippen LogP contribution in [0, 0.1) is 0 Å². The highest BCUT2D eigenvalue weighted by Crippen LogP contribution is 2.39. The van der Waals surface area contributed by atoms with Crippen LogP contribution in [0.5, 0.6) is 0 Å². The number of morpholine rings is 1. The Bertz CT molecular complexity index is 1320. The number of rotatable bonds is 11. The van der Waals surface area contributed by atoms with Crippen LogP contribution in [0.1, 0.15) is 53.9 Å². The molecule has 222 valence electrons. The summed E-state index contributed by atoms with van der Waals surface area (Å²) >= 11 is 0. The number of benzene rings is 3. The highest BCUT2D eigenvalue weighted by Gasteiger charge is 2.33. The summed E-state index contributed by atoms with van der Waals surface area (Å²) in [5.74, 6) is -1.28. The van der Waals surface area contributed by atoms with Crippen LogP contribution in [0.4, 0.5) is 0 Å². The third-order valence-electron chi connectivity index (χ3n) is 7.73. The summed E-state index contributed by atoms with van der Waals surface area (Å²) < 4.78 is 18.5. The maximum Gasteiger partial charge on any atom is 0.303 e. The Kier molecular flexibility index (Phi) is 10.3. The average Bonchev–Trinajstić information content (AvgIpc) is 3.03. The number of carbonyl (C=O) groups is 2. The van der Waals surface area contributed by atoms with Gasteiger partial charge >= 0.3 is 5.97 Å². The van der Waals surface area contributed by atoms with Crippen molar-refractivity contribution < 1.29 is 34.0 Å². The minimum atomic E-state index is -0.991. The van der Waals surface area contributed by atoms with Gasteiger partial charge in [0.15, 0.2) is 6.29 Å². The van der Waals surface area contributed by atoms with Crippen LogP contribution >= 0.6 is 0 Å². The third-order valence-corrected chi connectivity index (χ3v) is 7.73. The summed E-state index contributed by atoms with van der Waals surface area (Å²) in [5, 5.41) is 21.1. The summed E-state index contributed by atoms with van der Waals surface area (Å²) in [6.07, 6.45) is -0.210. The standard InChI is InChI=1S/C33H38N2O7/c36-22-23-5-7-25(8-6-23)30-19-28(21-35-15-17-40-18-16-35)41-33(42-30)26-11-9-24(10-12-26)29-4-2-1-3-27(29)20-34-31(37)13-14-32(38)39/h1-12,28,30,33,36H,13-22H2,(H,34,37)(H,38,39)/t28-,30+,33+/m0/s1. The first-order chi connectivity index (χ1) is 20.5. The Balaban J connectivity index is 1.31. The molecule has 2 heterocycles. The number of nitrogens with zero attached hydrogens (tertiary/aromatic N) is 1. The number of amides is 1. The molecule has 3 N–H and O–H groups in total. The van der Waals surface area contributed by atoms with Crippen LogP contribution in [0.25, 0.3) is 11.1 Å². The van der Waals surface area contributed by atoms with Crippen molar-refractivity contribution in [3.05, 3.63) is 95.1 Å². The van der Waals surface area contributed by atoms with Gasteiger partial charge in [-0.25, -0.2) is 0 Å². The Hall–Kier alpha value is -3.60. The van der Waals surface area contributed by atoms with Gasteiger partial charge in [-0.1, -0.05) is 72.8 Å². The van der Waals surface area contributed by atoms with Crippen molar-refractivity contribution in [3.8, 4) is 11.1 Å². The van der Waals surface area contributed by atoms with Crippen molar-refractivity contribution in [1.82, 2.24) is 10.2 Å². The zero-order valence-corrected chi connectivity index (χ0v) is 23.6. The fourth-order valence-electron chi connectivity index (χ4n) is 5.38. The number of ether oxygens (including phenoxy) is 3. The molecule has 0 aromatic heterocycles. The lowest BCUT2D eigenvalue weighted by molar-refractivity contribution is -0.253. The molecule has 0 unspecified atom stereocenters. The van der Waals surface area contributed by atoms with Gasteiger partial charge in [0.05, 0.1) is 38.4 Å². The molecule has 5 rings (SSSR count). The van der Waals surface area contributed by atoms with E-state index in [0.29, 0.717) is 6.54 Å². The average molecular weight is 575 g/mol. The van der Waals surface area contributed by atoms with E-state index in [1.165, 1.54) is 0 Å². The molecule has 3 atom stereocenters. The van der Waals surface area contributed by atoms with Gasteiger partial charge in [-0.3, -0.25) is 14.5 Å². The second-order valence-corrected chi connectivity index (χ2v) is 10.7. The van der Waals surface area contributed by atoms with E-state index in [0.717, 1.165) is 72.6 Å². The molecule has 3 aromatic carbocycles. The van der Waals surface area contributed by atoms with Gasteiger partial charge in [0.1, 0.15) is 0 Å². The fourth-order valence-corrected chi connectivity index (χ4v) is 5.38. The first kappa shape index (κ1) is 29.9. The molecule has 2 aliphatic heterocycles. The van der Waals surface area contributed by atoms with E-state index in [1.807, 2.05) is 72.8 Å². The number of aliphatic hydroxyl groups is 1. The zero-order valence-electron chi connectivity index (χ0n) is 23.6. The Morgan fingerprint density at radius 1 is 0.881 bits per heavy atom. The molecular formula is C33H38N2O7. The van der Waals surface area contributed by atoms with Crippen LogP contribution in [-0.2, 0) is 37.0 Å². The van der Waals surface area contributed by atoms with Gasteiger partial charge in [-0.2, -0.15) is 0 Å². The summed E-state index contributed by atoms with van der Waals surface area (Å²) in [5.41, 5.74) is 5.76. The van der Waals surface area contributed by atoms with E-state index in [4.69, 9.17) is 19.3 Å². The number of nitrogens with one attached hydrogen (secondary N) is 1. The minimum absolute atomic E-state index is 0.00374. The highest BCUT2D eigenvalue weighted by molar-refractivity contribution is 5.80. The molecule has 9 heteroatoms. The van der Waals surface area contributed by atoms with E-state index in [2.05, 4.69) is 10.2 Å². The fraction of sp³-hybridized carbons (Fsp3) is 0.394. The van der Waals surface area contributed by atoms with Crippen molar-refractivity contribution in [2.45, 2.75) is 50.9 Å². The smallest absolute Gasteiger partial charge is 0.303 e. The molecule has 0 spiro atoms. The summed E-state index contributed by atoms with van der Waals surface area (Å²) in [6, 6.07) is 23.8. The van der Waals surface area contributed by atoms with Gasteiger partial charge in [0.25, 0.3) is 0 Å². The van der Waals surface area contributed by atoms with Crippen molar-refractivity contribution in [1.29, 1.82) is 0 Å². The summed E-state index contributed by atoms with van der Waals surface area (Å²) in [4.78, 5) is 25.2. The molecule has 42 heavy (non-hydrogen) atoms. The lowest BCUT2D eigenvalue weighted by Gasteiger charge is -2.39. The lowest BCUT2D eigenvalue weighted by atomic mass is 9.97. The SMILES string of the molecule is O=C(O)CCC(=O)NCc1ccccc1-c1ccc([C@@H]2O[C@H](CN3CCOCC3)C[C@H](c3ccc(CO)cc3)O2)cc1. The predicted molar refractivity (Wildman–Crippen MR) is 156 cm³/mol. The molecular weight excluding hydrogens is 536 g/mol. The lowest BCUT2D eigenvalue weighted by Crippen LogP contribution is -2.44. The van der Waals surface area contributed by atoms with Crippen LogP contribution in [-0.4, -0.2) is 65.9 Å². The summed E-state index contributed by atoms with van der Waals surface area (Å²) in [6.45, 7) is 4.35. The van der Waals surface area contributed by atoms with Crippen molar-refractivity contribution in [2.24, 2.45) is 0 Å². The predicted octanol–water partition coefficient (Wildman–Crippen LogP) is 4.20. The van der Waals surface area contributed by atoms with Gasteiger partial charge in [-0.05, 0) is 27.8 Å². The monoisotopic (exact) mass is 574 g/mol. The molecule has 0 saturated carbocycles. The molecule has 0 aliphatic carbocycles. The van der Waals surface area contributed by atoms with E-state index >= 15 is 0 Å². The maximum absolute atomic E-state index is 12.1. The number of carboxylic acid groups (broad SMARTS) is 1. The van der Waals surface area contributed by atoms with Crippen molar-refractivity contribution in [3.63, 3.8) is 0 Å². The number of hydrogen-bond donors (Lipinski definition) is 3. The highest BCUT2D eigenvalue weighted by atomic mass is 16.7. The Labute approximate surface area is 246 Å². The van der Waals surface area contributed by atoms with E-state index in [9.17, 15) is 14.7 Å². The third kappa shape index (κ3) is 8.02. The van der Waals surface area contributed by atoms with Gasteiger partial charge in [0, 0.05) is 44.6 Å². The molecule has 2 saturated heterocycles. The molecule has 1 amide bonds. The normalized spacial score (nSPS) is 21.1. The first-order valence-electron chi connectivity index (χ1n) is 14.5. The number of carboxylic acids is 1. The topological polar surface area (TPSA) is 118 Å². The van der Waals surface area contributed by atoms with Crippen LogP contribution in [0.15, 0.2) is 72.8 Å². The molecule has 0 radical (unpaired) electrons. The summed E-state index contributed by atoms with van der Waals surface area (Å²) in [7, 11) is 0. The minimum Gasteiger partial charge on any atom is -0.481 e. The van der Waals surface area contributed by atoms with Gasteiger partial charge < -0.3 is 29.7 Å². The second-order valence-electron chi connectivity index (χ2n) is 10.7. The van der Waals surface area contributed by atoms with Crippen molar-refractivity contribution >= 4 is 11.9 Å².